The lowest BCUT2D eigenvalue weighted by Crippen LogP contribution is -2.40. The van der Waals surface area contributed by atoms with Crippen molar-refractivity contribution in [2.75, 3.05) is 6.61 Å². The number of aryl methyl sites for hydroxylation is 1. The first-order chi connectivity index (χ1) is 9.65. The van der Waals surface area contributed by atoms with Gasteiger partial charge in [-0.3, -0.25) is 9.36 Å². The molecule has 1 aliphatic heterocycles. The zero-order valence-corrected chi connectivity index (χ0v) is 11.8. The van der Waals surface area contributed by atoms with Gasteiger partial charge in [-0.1, -0.05) is 13.3 Å². The van der Waals surface area contributed by atoms with E-state index in [1.54, 1.807) is 4.57 Å². The second-order valence-electron chi connectivity index (χ2n) is 5.17. The number of hydrogen-bond acceptors (Lipinski definition) is 4. The molecule has 2 rings (SSSR count). The van der Waals surface area contributed by atoms with Gasteiger partial charge in [0.1, 0.15) is 12.4 Å². The molecule has 0 aromatic carbocycles. The fraction of sp³-hybridized carbons (Fsp3) is 0.769. The zero-order valence-electron chi connectivity index (χ0n) is 11.8. The van der Waals surface area contributed by atoms with E-state index in [2.05, 4.69) is 10.4 Å². The van der Waals surface area contributed by atoms with Crippen molar-refractivity contribution in [3.63, 3.8) is 0 Å². The Kier molecular flexibility index (Phi) is 4.94. The molecule has 1 aromatic rings. The highest BCUT2D eigenvalue weighted by atomic mass is 16.3. The summed E-state index contributed by atoms with van der Waals surface area (Å²) < 4.78 is 2.89. The van der Waals surface area contributed by atoms with Gasteiger partial charge in [-0.2, -0.15) is 5.10 Å². The van der Waals surface area contributed by atoms with Crippen molar-refractivity contribution in [3.8, 4) is 0 Å². The van der Waals surface area contributed by atoms with E-state index < -0.39 is 0 Å². The van der Waals surface area contributed by atoms with Gasteiger partial charge in [0.05, 0.1) is 12.6 Å². The number of nitrogens with one attached hydrogen (secondary N) is 1. The minimum atomic E-state index is -0.291. The highest BCUT2D eigenvalue weighted by molar-refractivity contribution is 5.75. The number of nitrogens with zero attached hydrogens (tertiary/aromatic N) is 3. The summed E-state index contributed by atoms with van der Waals surface area (Å²) in [6, 6.07) is -0.265. The molecule has 1 unspecified atom stereocenters. The topological polar surface area (TPSA) is 89.2 Å². The van der Waals surface area contributed by atoms with Crippen molar-refractivity contribution >= 4 is 5.91 Å². The van der Waals surface area contributed by atoms with Gasteiger partial charge in [0, 0.05) is 13.0 Å². The van der Waals surface area contributed by atoms with Gasteiger partial charge in [-0.05, 0) is 19.3 Å². The Balaban J connectivity index is 2.07. The molecule has 0 saturated heterocycles. The van der Waals surface area contributed by atoms with Gasteiger partial charge in [0.2, 0.25) is 5.91 Å². The van der Waals surface area contributed by atoms with Crippen LogP contribution in [0.3, 0.4) is 0 Å². The van der Waals surface area contributed by atoms with Crippen molar-refractivity contribution in [1.29, 1.82) is 0 Å². The third-order valence-electron chi connectivity index (χ3n) is 3.65. The Morgan fingerprint density at radius 2 is 2.25 bits per heavy atom. The molecular weight excluding hydrogens is 260 g/mol. The number of carbonyl (C=O) groups excluding carboxylic acids is 1. The molecule has 0 fully saturated rings. The minimum absolute atomic E-state index is 0.0880. The van der Waals surface area contributed by atoms with E-state index in [4.69, 9.17) is 5.11 Å². The molecule has 20 heavy (non-hydrogen) atoms. The molecule has 1 atom stereocenters. The average Bonchev–Trinajstić information content (AvgIpc) is 2.63. The highest BCUT2D eigenvalue weighted by Crippen LogP contribution is 2.10. The number of aromatic nitrogens is 3. The van der Waals surface area contributed by atoms with E-state index in [-0.39, 0.29) is 30.8 Å². The third-order valence-corrected chi connectivity index (χ3v) is 3.65. The molecule has 7 nitrogen and oxygen atoms in total. The first-order valence-electron chi connectivity index (χ1n) is 7.22. The molecule has 2 heterocycles. The number of hydrogen-bond donors (Lipinski definition) is 2. The van der Waals surface area contributed by atoms with Crippen LogP contribution in [0.5, 0.6) is 0 Å². The predicted octanol–water partition coefficient (Wildman–Crippen LogP) is -0.342. The van der Waals surface area contributed by atoms with Crippen LogP contribution in [0.25, 0.3) is 0 Å². The second kappa shape index (κ2) is 6.69. The Morgan fingerprint density at radius 3 is 2.95 bits per heavy atom. The number of carbonyl (C=O) groups is 1. The first kappa shape index (κ1) is 14.8. The first-order valence-corrected chi connectivity index (χ1v) is 7.22. The maximum Gasteiger partial charge on any atom is 0.346 e. The molecule has 0 radical (unpaired) electrons. The van der Waals surface area contributed by atoms with Gasteiger partial charge in [0.25, 0.3) is 0 Å². The summed E-state index contributed by atoms with van der Waals surface area (Å²) in [5.74, 6) is 0.482. The largest absolute Gasteiger partial charge is 0.394 e. The molecule has 0 saturated carbocycles. The lowest BCUT2D eigenvalue weighted by molar-refractivity contribution is -0.123. The summed E-state index contributed by atoms with van der Waals surface area (Å²) in [4.78, 5) is 24.0. The Morgan fingerprint density at radius 1 is 1.45 bits per heavy atom. The average molecular weight is 282 g/mol. The van der Waals surface area contributed by atoms with Crippen molar-refractivity contribution in [3.05, 3.63) is 16.3 Å². The Hall–Kier alpha value is -1.63. The summed E-state index contributed by atoms with van der Waals surface area (Å²) in [7, 11) is 0. The molecule has 2 N–H and O–H groups in total. The molecule has 0 aliphatic carbocycles. The van der Waals surface area contributed by atoms with Crippen LogP contribution >= 0.6 is 0 Å². The van der Waals surface area contributed by atoms with Gasteiger partial charge in [0.15, 0.2) is 0 Å². The fourth-order valence-electron chi connectivity index (χ4n) is 2.41. The van der Waals surface area contributed by atoms with E-state index in [0.29, 0.717) is 13.0 Å². The van der Waals surface area contributed by atoms with Crippen molar-refractivity contribution in [2.45, 2.75) is 58.2 Å². The number of amides is 1. The Bertz CT molecular complexity index is 516. The summed E-state index contributed by atoms with van der Waals surface area (Å²) in [5.41, 5.74) is -0.214. The van der Waals surface area contributed by atoms with Crippen molar-refractivity contribution < 1.29 is 9.90 Å². The second-order valence-corrected chi connectivity index (χ2v) is 5.17. The molecule has 0 spiro atoms. The molecule has 1 amide bonds. The van der Waals surface area contributed by atoms with Crippen molar-refractivity contribution in [2.24, 2.45) is 0 Å². The maximum absolute atomic E-state index is 12.2. The summed E-state index contributed by atoms with van der Waals surface area (Å²) in [6.45, 7) is 2.38. The monoisotopic (exact) mass is 282 g/mol. The van der Waals surface area contributed by atoms with Crippen molar-refractivity contribution in [1.82, 2.24) is 19.7 Å². The Labute approximate surface area is 117 Å². The SMILES string of the molecule is CCC(CO)NC(=O)Cn1nc2n(c1=O)CCCCC2. The summed E-state index contributed by atoms with van der Waals surface area (Å²) in [5, 5.41) is 16.0. The minimum Gasteiger partial charge on any atom is -0.394 e. The van der Waals surface area contributed by atoms with Gasteiger partial charge >= 0.3 is 5.69 Å². The zero-order chi connectivity index (χ0) is 14.5. The summed E-state index contributed by atoms with van der Waals surface area (Å²) >= 11 is 0. The number of aliphatic hydroxyl groups excluding tert-OH is 1. The lowest BCUT2D eigenvalue weighted by Gasteiger charge is -2.13. The molecule has 1 aromatic heterocycles. The van der Waals surface area contributed by atoms with Crippen LogP contribution < -0.4 is 11.0 Å². The van der Waals surface area contributed by atoms with Crippen LogP contribution in [0.1, 0.15) is 38.4 Å². The number of aliphatic hydroxyl groups is 1. The van der Waals surface area contributed by atoms with Crippen LogP contribution in [0.15, 0.2) is 4.79 Å². The van der Waals surface area contributed by atoms with E-state index in [0.717, 1.165) is 31.5 Å². The highest BCUT2D eigenvalue weighted by Gasteiger charge is 2.18. The van der Waals surface area contributed by atoms with Crippen LogP contribution in [0.2, 0.25) is 0 Å². The molecule has 7 heteroatoms. The molecule has 0 bridgehead atoms. The molecular formula is C13H22N4O3. The fourth-order valence-corrected chi connectivity index (χ4v) is 2.41. The van der Waals surface area contributed by atoms with Crippen LogP contribution in [0.4, 0.5) is 0 Å². The number of fused-ring (bicyclic) bond motifs is 1. The van der Waals surface area contributed by atoms with Crippen LogP contribution in [-0.4, -0.2) is 38.0 Å². The van der Waals surface area contributed by atoms with E-state index >= 15 is 0 Å². The quantitative estimate of drug-likeness (QED) is 0.773. The van der Waals surface area contributed by atoms with Crippen LogP contribution in [0, 0.1) is 0 Å². The van der Waals surface area contributed by atoms with Gasteiger partial charge in [-0.25, -0.2) is 9.48 Å². The third kappa shape index (κ3) is 3.27. The summed E-state index contributed by atoms with van der Waals surface area (Å²) in [6.07, 6.45) is 4.56. The van der Waals surface area contributed by atoms with E-state index in [1.165, 1.54) is 4.68 Å². The van der Waals surface area contributed by atoms with Gasteiger partial charge in [-0.15, -0.1) is 0 Å². The van der Waals surface area contributed by atoms with Crippen LogP contribution in [-0.2, 0) is 24.3 Å². The molecule has 1 aliphatic rings. The standard InChI is InChI=1S/C13H22N4O3/c1-2-10(9-18)14-12(19)8-17-13(20)16-7-5-3-4-6-11(16)15-17/h10,18H,2-9H2,1H3,(H,14,19). The van der Waals surface area contributed by atoms with Gasteiger partial charge < -0.3 is 10.4 Å². The lowest BCUT2D eigenvalue weighted by atomic mass is 10.2. The predicted molar refractivity (Wildman–Crippen MR) is 73.3 cm³/mol. The van der Waals surface area contributed by atoms with E-state index in [1.807, 2.05) is 6.92 Å². The van der Waals surface area contributed by atoms with E-state index in [9.17, 15) is 9.59 Å². The number of rotatable bonds is 5. The normalized spacial score (nSPS) is 16.3. The smallest absolute Gasteiger partial charge is 0.346 e. The molecule has 112 valence electrons. The maximum atomic E-state index is 12.2.